The van der Waals surface area contributed by atoms with Gasteiger partial charge in [-0.1, -0.05) is 12.1 Å². The average molecular weight is 551 g/mol. The number of rotatable bonds is 9. The molecule has 3 aromatic rings. The van der Waals surface area contributed by atoms with E-state index in [0.717, 1.165) is 47.3 Å². The van der Waals surface area contributed by atoms with E-state index in [9.17, 15) is 0 Å². The zero-order chi connectivity index (χ0) is 22.2. The molecule has 8 heteroatoms. The van der Waals surface area contributed by atoms with Gasteiger partial charge in [0, 0.05) is 32.4 Å². The van der Waals surface area contributed by atoms with Crippen molar-refractivity contribution in [2.45, 2.75) is 40.2 Å². The maximum Gasteiger partial charge on any atom is 0.191 e. The van der Waals surface area contributed by atoms with Gasteiger partial charge in [0.1, 0.15) is 5.65 Å². The van der Waals surface area contributed by atoms with Crippen LogP contribution in [0, 0.1) is 6.92 Å². The summed E-state index contributed by atoms with van der Waals surface area (Å²) in [5.41, 5.74) is 4.34. The monoisotopic (exact) mass is 551 g/mol. The molecule has 2 aromatic heterocycles. The zero-order valence-electron chi connectivity index (χ0n) is 19.5. The molecule has 2 heterocycles. The van der Waals surface area contributed by atoms with Gasteiger partial charge >= 0.3 is 0 Å². The number of fused-ring (bicyclic) bond motifs is 1. The molecule has 3 rings (SSSR count). The Labute approximate surface area is 207 Å². The predicted molar refractivity (Wildman–Crippen MR) is 141 cm³/mol. The van der Waals surface area contributed by atoms with Crippen LogP contribution in [0.3, 0.4) is 0 Å². The predicted octanol–water partition coefficient (Wildman–Crippen LogP) is 4.53. The van der Waals surface area contributed by atoms with Gasteiger partial charge in [-0.3, -0.25) is 4.99 Å². The quantitative estimate of drug-likeness (QED) is 0.233. The number of nitrogens with zero attached hydrogens (tertiary/aromatic N) is 3. The number of guanidine groups is 1. The Morgan fingerprint density at radius 1 is 1.16 bits per heavy atom. The Kier molecular flexibility index (Phi) is 10.1. The van der Waals surface area contributed by atoms with E-state index in [4.69, 9.17) is 14.5 Å². The van der Waals surface area contributed by atoms with Gasteiger partial charge in [0.2, 0.25) is 0 Å². The minimum Gasteiger partial charge on any atom is -0.490 e. The lowest BCUT2D eigenvalue weighted by molar-refractivity contribution is 0.287. The van der Waals surface area contributed by atoms with Crippen LogP contribution in [-0.2, 0) is 6.42 Å². The second-order valence-corrected chi connectivity index (χ2v) is 7.34. The molecule has 1 atom stereocenters. The van der Waals surface area contributed by atoms with E-state index < -0.39 is 0 Å². The van der Waals surface area contributed by atoms with Crippen molar-refractivity contribution in [2.75, 3.05) is 26.8 Å². The van der Waals surface area contributed by atoms with Crippen LogP contribution in [-0.4, -0.2) is 42.2 Å². The van der Waals surface area contributed by atoms with Gasteiger partial charge in [0.15, 0.2) is 17.5 Å². The summed E-state index contributed by atoms with van der Waals surface area (Å²) in [4.78, 5) is 9.09. The lowest BCUT2D eigenvalue weighted by Crippen LogP contribution is -2.39. The minimum atomic E-state index is 0. The van der Waals surface area contributed by atoms with Gasteiger partial charge < -0.3 is 24.5 Å². The van der Waals surface area contributed by atoms with Crippen LogP contribution in [0.5, 0.6) is 11.5 Å². The number of imidazole rings is 1. The third-order valence-electron chi connectivity index (χ3n) is 5.05. The summed E-state index contributed by atoms with van der Waals surface area (Å²) in [7, 11) is 1.78. The van der Waals surface area contributed by atoms with Crippen LogP contribution in [0.4, 0.5) is 0 Å². The molecule has 0 saturated carbocycles. The first kappa shape index (κ1) is 25.8. The first-order chi connectivity index (χ1) is 15.0. The molecule has 0 aliphatic heterocycles. The number of hydrogen-bond acceptors (Lipinski definition) is 4. The second kappa shape index (κ2) is 12.5. The molecular formula is C24H34IN5O2. The van der Waals surface area contributed by atoms with Gasteiger partial charge in [0.05, 0.1) is 24.9 Å². The van der Waals surface area contributed by atoms with Crippen molar-refractivity contribution in [1.29, 1.82) is 0 Å². The number of hydrogen-bond donors (Lipinski definition) is 2. The molecule has 0 radical (unpaired) electrons. The van der Waals surface area contributed by atoms with Gasteiger partial charge in [-0.15, -0.1) is 24.0 Å². The Balaban J connectivity index is 0.00000363. The van der Waals surface area contributed by atoms with Crippen LogP contribution in [0.2, 0.25) is 0 Å². The highest BCUT2D eigenvalue weighted by Gasteiger charge is 2.12. The summed E-state index contributed by atoms with van der Waals surface area (Å²) in [6, 6.07) is 10.2. The summed E-state index contributed by atoms with van der Waals surface area (Å²) in [5.74, 6) is 2.28. The molecule has 2 N–H and O–H groups in total. The largest absolute Gasteiger partial charge is 0.490 e. The Morgan fingerprint density at radius 3 is 2.59 bits per heavy atom. The van der Waals surface area contributed by atoms with E-state index in [2.05, 4.69) is 52.2 Å². The molecule has 1 aromatic carbocycles. The third-order valence-corrected chi connectivity index (χ3v) is 5.05. The van der Waals surface area contributed by atoms with Crippen molar-refractivity contribution < 1.29 is 9.47 Å². The van der Waals surface area contributed by atoms with Gasteiger partial charge in [0.25, 0.3) is 0 Å². The fourth-order valence-corrected chi connectivity index (χ4v) is 3.45. The lowest BCUT2D eigenvalue weighted by atomic mass is 10.1. The molecule has 1 unspecified atom stereocenters. The topological polar surface area (TPSA) is 72.2 Å². The molecule has 0 aliphatic rings. The zero-order valence-corrected chi connectivity index (χ0v) is 21.8. The maximum atomic E-state index is 5.75. The fourth-order valence-electron chi connectivity index (χ4n) is 3.45. The van der Waals surface area contributed by atoms with Crippen LogP contribution < -0.4 is 20.1 Å². The van der Waals surface area contributed by atoms with Crippen molar-refractivity contribution in [3.05, 3.63) is 59.5 Å². The summed E-state index contributed by atoms with van der Waals surface area (Å²) in [6.07, 6.45) is 4.92. The molecule has 0 spiro atoms. The second-order valence-electron chi connectivity index (χ2n) is 7.34. The van der Waals surface area contributed by atoms with Crippen molar-refractivity contribution >= 4 is 35.6 Å². The number of ether oxygens (including phenoxy) is 2. The molecule has 32 heavy (non-hydrogen) atoms. The average Bonchev–Trinajstić information content (AvgIpc) is 3.19. The highest BCUT2D eigenvalue weighted by molar-refractivity contribution is 14.0. The third kappa shape index (κ3) is 6.51. The van der Waals surface area contributed by atoms with E-state index in [1.54, 1.807) is 7.05 Å². The number of benzene rings is 1. The number of nitrogens with one attached hydrogen (secondary N) is 2. The fraction of sp³-hybridized carbons (Fsp3) is 0.417. The number of aryl methyl sites for hydroxylation is 1. The van der Waals surface area contributed by atoms with Crippen LogP contribution in [0.15, 0.2) is 47.7 Å². The smallest absolute Gasteiger partial charge is 0.191 e. The van der Waals surface area contributed by atoms with Crippen LogP contribution >= 0.6 is 24.0 Å². The molecule has 174 valence electrons. The summed E-state index contributed by atoms with van der Waals surface area (Å²) in [6.45, 7) is 10.1. The maximum absolute atomic E-state index is 5.75. The molecule has 7 nitrogen and oxygen atoms in total. The Hall–Kier alpha value is -2.49. The number of halogens is 1. The molecule has 0 fully saturated rings. The minimum absolute atomic E-state index is 0. The molecule has 0 amide bonds. The van der Waals surface area contributed by atoms with Crippen LogP contribution in [0.1, 0.15) is 43.6 Å². The molecule has 0 saturated heterocycles. The molecule has 0 bridgehead atoms. The number of aromatic nitrogens is 2. The summed E-state index contributed by atoms with van der Waals surface area (Å²) < 4.78 is 13.5. The normalized spacial score (nSPS) is 12.2. The van der Waals surface area contributed by atoms with Gasteiger partial charge in [-0.2, -0.15) is 0 Å². The first-order valence-corrected chi connectivity index (χ1v) is 10.9. The lowest BCUT2D eigenvalue weighted by Gasteiger charge is -2.20. The SMILES string of the molecule is CCOc1ccc(C(C)NC(=NC)NCCc2cn3cccc(C)c3n2)cc1OCC.I. The van der Waals surface area contributed by atoms with E-state index >= 15 is 0 Å². The first-order valence-electron chi connectivity index (χ1n) is 10.9. The van der Waals surface area contributed by atoms with Crippen molar-refractivity contribution in [3.63, 3.8) is 0 Å². The molecular weight excluding hydrogens is 517 g/mol. The van der Waals surface area contributed by atoms with E-state index in [1.807, 2.05) is 38.2 Å². The van der Waals surface area contributed by atoms with Crippen molar-refractivity contribution in [3.8, 4) is 11.5 Å². The van der Waals surface area contributed by atoms with E-state index in [-0.39, 0.29) is 30.0 Å². The Morgan fingerprint density at radius 2 is 1.91 bits per heavy atom. The highest BCUT2D eigenvalue weighted by Crippen LogP contribution is 2.30. The number of aliphatic imine (C=N–C) groups is 1. The van der Waals surface area contributed by atoms with E-state index in [1.165, 1.54) is 5.56 Å². The number of pyridine rings is 1. The summed E-state index contributed by atoms with van der Waals surface area (Å²) in [5, 5.41) is 6.83. The standard InChI is InChI=1S/C24H33N5O2.HI/c1-6-30-21-11-10-19(15-22(21)31-7-2)18(4)27-24(25-5)26-13-12-20-16-29-14-8-9-17(3)23(29)28-20;/h8-11,14-16,18H,6-7,12-13H2,1-5H3,(H2,25,26,27);1H. The van der Waals surface area contributed by atoms with Crippen LogP contribution in [0.25, 0.3) is 5.65 Å². The van der Waals surface area contributed by atoms with Gasteiger partial charge in [-0.05, 0) is 57.0 Å². The van der Waals surface area contributed by atoms with Crippen molar-refractivity contribution in [1.82, 2.24) is 20.0 Å². The van der Waals surface area contributed by atoms with Gasteiger partial charge in [-0.25, -0.2) is 4.98 Å². The summed E-state index contributed by atoms with van der Waals surface area (Å²) >= 11 is 0. The molecule has 0 aliphatic carbocycles. The van der Waals surface area contributed by atoms with Crippen molar-refractivity contribution in [2.24, 2.45) is 4.99 Å². The highest BCUT2D eigenvalue weighted by atomic mass is 127. The van der Waals surface area contributed by atoms with E-state index in [0.29, 0.717) is 13.2 Å². The Bertz CT molecular complexity index is 1030.